The van der Waals surface area contributed by atoms with Gasteiger partial charge in [-0.1, -0.05) is 6.07 Å². The molecule has 1 unspecified atom stereocenters. The second kappa shape index (κ2) is 7.24. The Morgan fingerprint density at radius 1 is 1.36 bits per heavy atom. The average Bonchev–Trinajstić information content (AvgIpc) is 2.60. The van der Waals surface area contributed by atoms with Gasteiger partial charge in [0.2, 0.25) is 0 Å². The minimum absolute atomic E-state index is 0.350. The van der Waals surface area contributed by atoms with Crippen molar-refractivity contribution in [2.75, 3.05) is 33.1 Å². The molecule has 1 aromatic carbocycles. The molecule has 0 spiro atoms. The van der Waals surface area contributed by atoms with Gasteiger partial charge in [-0.25, -0.2) is 0 Å². The maximum atomic E-state index is 5.55. The van der Waals surface area contributed by atoms with Crippen molar-refractivity contribution in [1.82, 2.24) is 5.32 Å². The summed E-state index contributed by atoms with van der Waals surface area (Å²) in [5.74, 6) is 0.976. The zero-order chi connectivity index (χ0) is 15.4. The van der Waals surface area contributed by atoms with E-state index < -0.39 is 0 Å². The van der Waals surface area contributed by atoms with Crippen LogP contribution in [0, 0.1) is 0 Å². The van der Waals surface area contributed by atoms with Crippen LogP contribution in [0.25, 0.3) is 0 Å². The predicted octanol–water partition coefficient (Wildman–Crippen LogP) is 3.57. The van der Waals surface area contributed by atoms with Crippen LogP contribution in [0.2, 0.25) is 0 Å². The van der Waals surface area contributed by atoms with Crippen LogP contribution in [0.5, 0.6) is 5.75 Å². The van der Waals surface area contributed by atoms with Crippen molar-refractivity contribution in [2.45, 2.75) is 42.9 Å². The highest BCUT2D eigenvalue weighted by atomic mass is 32.2. The van der Waals surface area contributed by atoms with E-state index in [2.05, 4.69) is 29.8 Å². The first-order chi connectivity index (χ1) is 10.8. The molecule has 2 aliphatic rings. The molecule has 0 saturated carbocycles. The van der Waals surface area contributed by atoms with Gasteiger partial charge in [-0.05, 0) is 61.6 Å². The van der Waals surface area contributed by atoms with Gasteiger partial charge in [-0.2, -0.15) is 11.8 Å². The zero-order valence-corrected chi connectivity index (χ0v) is 14.5. The Morgan fingerprint density at radius 2 is 2.18 bits per heavy atom. The third-order valence-corrected chi connectivity index (χ3v) is 6.59. The van der Waals surface area contributed by atoms with Crippen molar-refractivity contribution in [3.05, 3.63) is 29.3 Å². The number of hydrogen-bond donors (Lipinski definition) is 1. The Morgan fingerprint density at radius 3 is 2.91 bits per heavy atom. The van der Waals surface area contributed by atoms with Crippen LogP contribution in [0.15, 0.2) is 18.2 Å². The molecule has 1 heterocycles. The van der Waals surface area contributed by atoms with E-state index in [1.807, 2.05) is 11.8 Å². The van der Waals surface area contributed by atoms with Crippen LogP contribution in [0.3, 0.4) is 0 Å². The van der Waals surface area contributed by atoms with Gasteiger partial charge in [0.1, 0.15) is 5.75 Å². The highest BCUT2D eigenvalue weighted by molar-refractivity contribution is 8.00. The first kappa shape index (κ1) is 16.2. The van der Waals surface area contributed by atoms with E-state index in [0.29, 0.717) is 10.8 Å². The van der Waals surface area contributed by atoms with E-state index in [4.69, 9.17) is 9.47 Å². The molecule has 1 aromatic rings. The second-order valence-corrected chi connectivity index (χ2v) is 7.66. The Hall–Kier alpha value is -0.710. The molecule has 1 atom stereocenters. The van der Waals surface area contributed by atoms with Crippen LogP contribution >= 0.6 is 11.8 Å². The predicted molar refractivity (Wildman–Crippen MR) is 93.0 cm³/mol. The minimum Gasteiger partial charge on any atom is -0.497 e. The minimum atomic E-state index is 0.350. The molecule has 1 N–H and O–H groups in total. The summed E-state index contributed by atoms with van der Waals surface area (Å²) in [5.41, 5.74) is 2.92. The normalized spacial score (nSPS) is 23.8. The molecule has 1 aliphatic heterocycles. The fourth-order valence-corrected chi connectivity index (χ4v) is 4.44. The van der Waals surface area contributed by atoms with Gasteiger partial charge >= 0.3 is 0 Å². The Kier molecular flexibility index (Phi) is 5.32. The molecular weight excluding hydrogens is 294 g/mol. The molecule has 22 heavy (non-hydrogen) atoms. The van der Waals surface area contributed by atoms with Gasteiger partial charge in [0, 0.05) is 30.5 Å². The molecule has 0 bridgehead atoms. The van der Waals surface area contributed by atoms with Crippen LogP contribution in [-0.2, 0) is 11.2 Å². The molecule has 0 aromatic heterocycles. The third-order valence-electron chi connectivity index (χ3n) is 5.17. The lowest BCUT2D eigenvalue weighted by atomic mass is 9.87. The van der Waals surface area contributed by atoms with Crippen molar-refractivity contribution in [3.8, 4) is 5.75 Å². The summed E-state index contributed by atoms with van der Waals surface area (Å²) in [4.78, 5) is 0. The Labute approximate surface area is 138 Å². The highest BCUT2D eigenvalue weighted by Gasteiger charge is 2.33. The molecule has 0 amide bonds. The molecule has 122 valence electrons. The average molecular weight is 321 g/mol. The number of methoxy groups -OCH3 is 1. The number of fused-ring (bicyclic) bond motifs is 1. The summed E-state index contributed by atoms with van der Waals surface area (Å²) >= 11 is 2.01. The third kappa shape index (κ3) is 3.44. The topological polar surface area (TPSA) is 30.5 Å². The van der Waals surface area contributed by atoms with Crippen molar-refractivity contribution < 1.29 is 9.47 Å². The lowest BCUT2D eigenvalue weighted by Gasteiger charge is -2.38. The van der Waals surface area contributed by atoms with Gasteiger partial charge in [0.15, 0.2) is 0 Å². The highest BCUT2D eigenvalue weighted by Crippen LogP contribution is 2.36. The van der Waals surface area contributed by atoms with Crippen molar-refractivity contribution in [1.29, 1.82) is 0 Å². The quantitative estimate of drug-likeness (QED) is 0.898. The number of hydrogen-bond acceptors (Lipinski definition) is 4. The molecule has 3 nitrogen and oxygen atoms in total. The van der Waals surface area contributed by atoms with E-state index in [1.165, 1.54) is 30.4 Å². The van der Waals surface area contributed by atoms with Gasteiger partial charge in [-0.15, -0.1) is 0 Å². The standard InChI is InChI=1S/C18H27NO2S/c1-20-15-6-7-16-14(12-15)4-3-5-17(16)19-13-18(22-2)8-10-21-11-9-18/h6-7,12,17,19H,3-5,8-11,13H2,1-2H3. The zero-order valence-electron chi connectivity index (χ0n) is 13.7. The van der Waals surface area contributed by atoms with Crippen LogP contribution in [-0.4, -0.2) is 37.9 Å². The van der Waals surface area contributed by atoms with Crippen molar-refractivity contribution >= 4 is 11.8 Å². The van der Waals surface area contributed by atoms with Crippen LogP contribution < -0.4 is 10.1 Å². The van der Waals surface area contributed by atoms with E-state index in [1.54, 1.807) is 7.11 Å². The fraction of sp³-hybridized carbons (Fsp3) is 0.667. The fourth-order valence-electron chi connectivity index (χ4n) is 3.64. The number of thioether (sulfide) groups is 1. The molecular formula is C18H27NO2S. The number of nitrogens with one attached hydrogen (secondary N) is 1. The number of aryl methyl sites for hydroxylation is 1. The van der Waals surface area contributed by atoms with Gasteiger partial charge in [0.25, 0.3) is 0 Å². The summed E-state index contributed by atoms with van der Waals surface area (Å²) in [6, 6.07) is 7.04. The Balaban J connectivity index is 1.69. The Bertz CT molecular complexity index is 500. The van der Waals surface area contributed by atoms with Crippen molar-refractivity contribution in [2.24, 2.45) is 0 Å². The van der Waals surface area contributed by atoms with Gasteiger partial charge < -0.3 is 14.8 Å². The largest absolute Gasteiger partial charge is 0.497 e. The van der Waals surface area contributed by atoms with Crippen LogP contribution in [0.4, 0.5) is 0 Å². The number of benzene rings is 1. The van der Waals surface area contributed by atoms with E-state index in [-0.39, 0.29) is 0 Å². The number of ether oxygens (including phenoxy) is 2. The molecule has 0 radical (unpaired) electrons. The summed E-state index contributed by atoms with van der Waals surface area (Å²) in [6.07, 6.45) is 8.22. The smallest absolute Gasteiger partial charge is 0.119 e. The molecule has 1 fully saturated rings. The molecule has 4 heteroatoms. The lowest BCUT2D eigenvalue weighted by Crippen LogP contribution is -2.43. The van der Waals surface area contributed by atoms with E-state index in [0.717, 1.165) is 38.3 Å². The summed E-state index contributed by atoms with van der Waals surface area (Å²) in [5, 5.41) is 3.86. The summed E-state index contributed by atoms with van der Waals surface area (Å²) in [7, 11) is 1.74. The first-order valence-corrected chi connectivity index (χ1v) is 9.52. The first-order valence-electron chi connectivity index (χ1n) is 8.29. The lowest BCUT2D eigenvalue weighted by molar-refractivity contribution is 0.0763. The summed E-state index contributed by atoms with van der Waals surface area (Å²) < 4.78 is 11.3. The van der Waals surface area contributed by atoms with Crippen LogP contribution in [0.1, 0.15) is 42.9 Å². The maximum absolute atomic E-state index is 5.55. The summed E-state index contributed by atoms with van der Waals surface area (Å²) in [6.45, 7) is 2.88. The maximum Gasteiger partial charge on any atom is 0.119 e. The van der Waals surface area contributed by atoms with E-state index >= 15 is 0 Å². The van der Waals surface area contributed by atoms with Crippen molar-refractivity contribution in [3.63, 3.8) is 0 Å². The molecule has 1 aliphatic carbocycles. The molecule has 1 saturated heterocycles. The number of rotatable bonds is 5. The SMILES string of the molecule is COc1ccc2c(c1)CCCC2NCC1(SC)CCOCC1. The van der Waals surface area contributed by atoms with Gasteiger partial charge in [-0.3, -0.25) is 0 Å². The van der Waals surface area contributed by atoms with E-state index in [9.17, 15) is 0 Å². The second-order valence-electron chi connectivity index (χ2n) is 6.39. The molecule has 3 rings (SSSR count). The monoisotopic (exact) mass is 321 g/mol. The van der Waals surface area contributed by atoms with Gasteiger partial charge in [0.05, 0.1) is 7.11 Å².